The molecule has 0 spiro atoms. The summed E-state index contributed by atoms with van der Waals surface area (Å²) in [6, 6.07) is 27.3. The predicted molar refractivity (Wildman–Crippen MR) is 134 cm³/mol. The van der Waals surface area contributed by atoms with Gasteiger partial charge in [0.2, 0.25) is 5.95 Å². The van der Waals surface area contributed by atoms with Gasteiger partial charge in [-0.3, -0.25) is 4.79 Å². The molecule has 3 heterocycles. The largest absolute Gasteiger partial charge is 0.486 e. The number of carbonyl (C=O) groups is 1. The molecule has 0 unspecified atom stereocenters. The predicted octanol–water partition coefficient (Wildman–Crippen LogP) is 3.95. The number of anilines is 1. The van der Waals surface area contributed by atoms with E-state index in [1.54, 1.807) is 21.7 Å². The molecule has 9 heteroatoms. The van der Waals surface area contributed by atoms with Crippen LogP contribution in [0.4, 0.5) is 5.95 Å². The molecule has 9 nitrogen and oxygen atoms in total. The molecule has 1 aliphatic rings. The Morgan fingerprint density at radius 1 is 0.861 bits per heavy atom. The number of amides is 1. The Kier molecular flexibility index (Phi) is 5.79. The lowest BCUT2D eigenvalue weighted by molar-refractivity contribution is 0.0710. The molecule has 1 saturated heterocycles. The zero-order valence-electron chi connectivity index (χ0n) is 19.5. The second-order valence-corrected chi connectivity index (χ2v) is 8.57. The maximum atomic E-state index is 13.0. The fraction of sp³-hybridized carbons (Fsp3) is 0.185. The van der Waals surface area contributed by atoms with E-state index < -0.39 is 0 Å². The molecule has 1 aliphatic heterocycles. The molecule has 0 saturated carbocycles. The van der Waals surface area contributed by atoms with Crippen molar-refractivity contribution in [2.45, 2.75) is 6.61 Å². The summed E-state index contributed by atoms with van der Waals surface area (Å²) in [4.78, 5) is 16.9. The van der Waals surface area contributed by atoms with Crippen molar-refractivity contribution < 1.29 is 13.9 Å². The van der Waals surface area contributed by atoms with Gasteiger partial charge in [0, 0.05) is 26.2 Å². The highest BCUT2D eigenvalue weighted by atomic mass is 16.5. The second-order valence-electron chi connectivity index (χ2n) is 8.57. The number of fused-ring (bicyclic) bond motifs is 1. The van der Waals surface area contributed by atoms with E-state index in [2.05, 4.69) is 26.5 Å². The number of benzene rings is 3. The van der Waals surface area contributed by atoms with Crippen molar-refractivity contribution in [3.8, 4) is 11.4 Å². The van der Waals surface area contributed by atoms with Gasteiger partial charge in [-0.15, -0.1) is 0 Å². The van der Waals surface area contributed by atoms with Crippen LogP contribution in [0.1, 0.15) is 16.3 Å². The number of ether oxygens (including phenoxy) is 1. The lowest BCUT2D eigenvalue weighted by Crippen LogP contribution is -2.49. The summed E-state index contributed by atoms with van der Waals surface area (Å²) in [7, 11) is 0. The van der Waals surface area contributed by atoms with Gasteiger partial charge in [-0.05, 0) is 57.6 Å². The standard InChI is InChI=1S/C27H24N6O3/c34-26(25-13-12-24(36-25)19-35-23-11-10-20-6-4-5-7-21(20)18-23)31-14-16-32(17-15-31)27-28-29-30-33(27)22-8-2-1-3-9-22/h1-13,18H,14-17,19H2. The average molecular weight is 481 g/mol. The van der Waals surface area contributed by atoms with Gasteiger partial charge in [-0.25, -0.2) is 0 Å². The topological polar surface area (TPSA) is 89.5 Å². The Hall–Kier alpha value is -4.66. The van der Waals surface area contributed by atoms with Crippen LogP contribution >= 0.6 is 0 Å². The van der Waals surface area contributed by atoms with Crippen LogP contribution in [0.25, 0.3) is 16.5 Å². The molecular formula is C27H24N6O3. The number of nitrogens with zero attached hydrogens (tertiary/aromatic N) is 6. The highest BCUT2D eigenvalue weighted by molar-refractivity contribution is 5.91. The minimum Gasteiger partial charge on any atom is -0.486 e. The van der Waals surface area contributed by atoms with E-state index in [1.807, 2.05) is 66.7 Å². The Morgan fingerprint density at radius 2 is 1.64 bits per heavy atom. The van der Waals surface area contributed by atoms with Crippen molar-refractivity contribution in [3.05, 3.63) is 96.4 Å². The van der Waals surface area contributed by atoms with Crippen LogP contribution in [0.5, 0.6) is 5.75 Å². The SMILES string of the molecule is O=C(c1ccc(COc2ccc3ccccc3c2)o1)N1CCN(c2nnnn2-c2ccccc2)CC1. The first kappa shape index (κ1) is 21.8. The zero-order chi connectivity index (χ0) is 24.3. The first-order chi connectivity index (χ1) is 17.7. The molecule has 1 fully saturated rings. The van der Waals surface area contributed by atoms with Crippen LogP contribution in [0.3, 0.4) is 0 Å². The minimum absolute atomic E-state index is 0.130. The number of hydrogen-bond acceptors (Lipinski definition) is 7. The first-order valence-corrected chi connectivity index (χ1v) is 11.8. The molecule has 0 radical (unpaired) electrons. The third-order valence-electron chi connectivity index (χ3n) is 6.28. The summed E-state index contributed by atoms with van der Waals surface area (Å²) in [5.74, 6) is 2.21. The zero-order valence-corrected chi connectivity index (χ0v) is 19.5. The van der Waals surface area contributed by atoms with E-state index in [-0.39, 0.29) is 12.5 Å². The second kappa shape index (κ2) is 9.53. The summed E-state index contributed by atoms with van der Waals surface area (Å²) in [5.41, 5.74) is 0.894. The molecule has 180 valence electrons. The summed E-state index contributed by atoms with van der Waals surface area (Å²) in [6.07, 6.45) is 0. The fourth-order valence-corrected chi connectivity index (χ4v) is 4.36. The van der Waals surface area contributed by atoms with Crippen molar-refractivity contribution in [1.29, 1.82) is 0 Å². The molecule has 2 aromatic heterocycles. The summed E-state index contributed by atoms with van der Waals surface area (Å²) in [5, 5.41) is 14.4. The molecule has 6 rings (SSSR count). The van der Waals surface area contributed by atoms with E-state index in [0.29, 0.717) is 43.6 Å². The van der Waals surface area contributed by atoms with Gasteiger partial charge in [-0.1, -0.05) is 53.6 Å². The van der Waals surface area contributed by atoms with Gasteiger partial charge in [0.1, 0.15) is 18.1 Å². The summed E-state index contributed by atoms with van der Waals surface area (Å²) < 4.78 is 13.4. The van der Waals surface area contributed by atoms with Gasteiger partial charge in [-0.2, -0.15) is 4.68 Å². The number of furan rings is 1. The average Bonchev–Trinajstić information content (AvgIpc) is 3.62. The Morgan fingerprint density at radius 3 is 2.47 bits per heavy atom. The van der Waals surface area contributed by atoms with Gasteiger partial charge < -0.3 is 19.0 Å². The van der Waals surface area contributed by atoms with Crippen molar-refractivity contribution in [2.24, 2.45) is 0 Å². The Balaban J connectivity index is 1.06. The molecule has 0 atom stereocenters. The van der Waals surface area contributed by atoms with E-state index in [1.165, 1.54) is 0 Å². The smallest absolute Gasteiger partial charge is 0.289 e. The molecule has 1 amide bonds. The Labute approximate surface area is 207 Å². The first-order valence-electron chi connectivity index (χ1n) is 11.8. The number of para-hydroxylation sites is 1. The quantitative estimate of drug-likeness (QED) is 0.364. The maximum absolute atomic E-state index is 13.0. The molecule has 0 N–H and O–H groups in total. The lowest BCUT2D eigenvalue weighted by Gasteiger charge is -2.34. The molecular weight excluding hydrogens is 456 g/mol. The minimum atomic E-state index is -0.130. The highest BCUT2D eigenvalue weighted by Gasteiger charge is 2.27. The van der Waals surface area contributed by atoms with E-state index in [4.69, 9.17) is 9.15 Å². The van der Waals surface area contributed by atoms with Gasteiger partial charge in [0.15, 0.2) is 5.76 Å². The molecule has 36 heavy (non-hydrogen) atoms. The van der Waals surface area contributed by atoms with E-state index in [0.717, 1.165) is 22.2 Å². The van der Waals surface area contributed by atoms with Crippen molar-refractivity contribution in [1.82, 2.24) is 25.1 Å². The lowest BCUT2D eigenvalue weighted by atomic mass is 10.1. The van der Waals surface area contributed by atoms with E-state index in [9.17, 15) is 4.79 Å². The molecule has 5 aromatic rings. The van der Waals surface area contributed by atoms with Crippen LogP contribution in [0.15, 0.2) is 89.3 Å². The maximum Gasteiger partial charge on any atom is 0.289 e. The Bertz CT molecular complexity index is 1490. The van der Waals surface area contributed by atoms with Crippen LogP contribution < -0.4 is 9.64 Å². The highest BCUT2D eigenvalue weighted by Crippen LogP contribution is 2.23. The summed E-state index contributed by atoms with van der Waals surface area (Å²) in [6.45, 7) is 2.59. The van der Waals surface area contributed by atoms with Crippen LogP contribution in [0.2, 0.25) is 0 Å². The third-order valence-corrected chi connectivity index (χ3v) is 6.28. The van der Waals surface area contributed by atoms with Crippen molar-refractivity contribution >= 4 is 22.6 Å². The fourth-order valence-electron chi connectivity index (χ4n) is 4.36. The number of piperazine rings is 1. The van der Waals surface area contributed by atoms with E-state index >= 15 is 0 Å². The molecule has 0 aliphatic carbocycles. The normalized spacial score (nSPS) is 13.8. The van der Waals surface area contributed by atoms with Crippen LogP contribution in [0, 0.1) is 0 Å². The van der Waals surface area contributed by atoms with Gasteiger partial charge in [0.25, 0.3) is 5.91 Å². The molecule has 0 bridgehead atoms. The summed E-state index contributed by atoms with van der Waals surface area (Å²) >= 11 is 0. The van der Waals surface area contributed by atoms with Crippen molar-refractivity contribution in [3.63, 3.8) is 0 Å². The van der Waals surface area contributed by atoms with Gasteiger partial charge >= 0.3 is 0 Å². The number of rotatable bonds is 6. The van der Waals surface area contributed by atoms with Crippen LogP contribution in [-0.2, 0) is 6.61 Å². The number of carbonyl (C=O) groups excluding carboxylic acids is 1. The van der Waals surface area contributed by atoms with Crippen LogP contribution in [-0.4, -0.2) is 57.2 Å². The number of hydrogen-bond donors (Lipinski definition) is 0. The van der Waals surface area contributed by atoms with Gasteiger partial charge in [0.05, 0.1) is 5.69 Å². The monoisotopic (exact) mass is 480 g/mol. The van der Waals surface area contributed by atoms with Crippen molar-refractivity contribution in [2.75, 3.05) is 31.1 Å². The molecule has 3 aromatic carbocycles. The number of tetrazole rings is 1. The third kappa shape index (κ3) is 4.38. The number of aromatic nitrogens is 4.